The van der Waals surface area contributed by atoms with Gasteiger partial charge in [-0.15, -0.1) is 4.99 Å². The van der Waals surface area contributed by atoms with Crippen molar-refractivity contribution in [2.24, 2.45) is 15.9 Å². The smallest absolute Gasteiger partial charge is 0.440 e. The van der Waals surface area contributed by atoms with Crippen molar-refractivity contribution in [3.05, 3.63) is 41.5 Å². The molecule has 1 aromatic rings. The zero-order chi connectivity index (χ0) is 15.2. The van der Waals surface area contributed by atoms with Crippen LogP contribution in [0.3, 0.4) is 0 Å². The van der Waals surface area contributed by atoms with Gasteiger partial charge in [0.15, 0.2) is 0 Å². The maximum atomic E-state index is 10.4. The molecule has 0 aliphatic heterocycles. The van der Waals surface area contributed by atoms with Crippen molar-refractivity contribution in [1.82, 2.24) is 0 Å². The molecule has 4 nitrogen and oxygen atoms in total. The molecule has 0 fully saturated rings. The highest BCUT2D eigenvalue weighted by Crippen LogP contribution is 2.38. The van der Waals surface area contributed by atoms with Crippen molar-refractivity contribution in [3.8, 4) is 0 Å². The standard InChI is InChI=1S/C17H20N2O2/c1-12(2)13-7-9-14(10-8-13)15-5-3-4-6-16(15)18-11-19-17(20)21/h3-7,12,14H,8-10H2,1-2H3,(H,20,21). The molecule has 1 aliphatic rings. The van der Waals surface area contributed by atoms with E-state index >= 15 is 0 Å². The molecule has 0 saturated heterocycles. The minimum atomic E-state index is -1.28. The van der Waals surface area contributed by atoms with E-state index in [9.17, 15) is 4.79 Å². The van der Waals surface area contributed by atoms with Crippen molar-refractivity contribution in [2.45, 2.75) is 39.0 Å². The van der Waals surface area contributed by atoms with Crippen LogP contribution in [0.4, 0.5) is 10.5 Å². The van der Waals surface area contributed by atoms with Gasteiger partial charge in [-0.3, -0.25) is 0 Å². The van der Waals surface area contributed by atoms with E-state index in [1.807, 2.05) is 18.2 Å². The summed E-state index contributed by atoms with van der Waals surface area (Å²) in [4.78, 5) is 17.6. The first kappa shape index (κ1) is 15.2. The SMILES string of the molecule is CC(C)C1=CCC(c2ccccc2N=C=NC(=O)O)CC1. The van der Waals surface area contributed by atoms with Gasteiger partial charge >= 0.3 is 6.09 Å². The number of benzene rings is 1. The Morgan fingerprint density at radius 3 is 2.76 bits per heavy atom. The molecule has 1 aliphatic carbocycles. The average molecular weight is 284 g/mol. The lowest BCUT2D eigenvalue weighted by molar-refractivity contribution is 0.206. The normalized spacial score (nSPS) is 17.9. The molecule has 2 rings (SSSR count). The monoisotopic (exact) mass is 284 g/mol. The lowest BCUT2D eigenvalue weighted by Gasteiger charge is -2.24. The van der Waals surface area contributed by atoms with Crippen molar-refractivity contribution in [2.75, 3.05) is 0 Å². The second-order valence-electron chi connectivity index (χ2n) is 5.57. The molecule has 110 valence electrons. The fourth-order valence-electron chi connectivity index (χ4n) is 2.72. The van der Waals surface area contributed by atoms with E-state index in [0.717, 1.165) is 30.5 Å². The molecule has 0 saturated carbocycles. The highest BCUT2D eigenvalue weighted by Gasteiger charge is 2.19. The summed E-state index contributed by atoms with van der Waals surface area (Å²) < 4.78 is 0. The average Bonchev–Trinajstić information content (AvgIpc) is 2.47. The third kappa shape index (κ3) is 4.14. The van der Waals surface area contributed by atoms with Crippen LogP contribution in [0.2, 0.25) is 0 Å². The number of allylic oxidation sites excluding steroid dienone is 2. The summed E-state index contributed by atoms with van der Waals surface area (Å²) in [6.45, 7) is 4.46. The molecule has 1 amide bonds. The number of carbonyl (C=O) groups is 1. The molecule has 1 aromatic carbocycles. The molecule has 4 heteroatoms. The predicted octanol–water partition coefficient (Wildman–Crippen LogP) is 5.02. The van der Waals surface area contributed by atoms with E-state index in [4.69, 9.17) is 5.11 Å². The Morgan fingerprint density at radius 2 is 2.14 bits per heavy atom. The lowest BCUT2D eigenvalue weighted by Crippen LogP contribution is -2.07. The summed E-state index contributed by atoms with van der Waals surface area (Å²) in [6.07, 6.45) is 4.29. The maximum absolute atomic E-state index is 10.4. The van der Waals surface area contributed by atoms with E-state index in [2.05, 4.69) is 42.0 Å². The summed E-state index contributed by atoms with van der Waals surface area (Å²) >= 11 is 0. The quantitative estimate of drug-likeness (QED) is 0.625. The van der Waals surface area contributed by atoms with Gasteiger partial charge in [0.05, 0.1) is 5.69 Å². The fraction of sp³-hybridized carbons (Fsp3) is 0.412. The van der Waals surface area contributed by atoms with E-state index in [1.165, 1.54) is 5.57 Å². The zero-order valence-electron chi connectivity index (χ0n) is 12.4. The van der Waals surface area contributed by atoms with E-state index in [1.54, 1.807) is 0 Å². The van der Waals surface area contributed by atoms with Gasteiger partial charge in [0.25, 0.3) is 0 Å². The summed E-state index contributed by atoms with van der Waals surface area (Å²) in [6, 6.07) is 10.1. The van der Waals surface area contributed by atoms with Gasteiger partial charge in [0.2, 0.25) is 0 Å². The Morgan fingerprint density at radius 1 is 1.38 bits per heavy atom. The molecular formula is C17H20N2O2. The Kier molecular flexibility index (Phi) is 5.07. The predicted molar refractivity (Wildman–Crippen MR) is 83.5 cm³/mol. The molecule has 1 unspecified atom stereocenters. The second kappa shape index (κ2) is 7.00. The molecular weight excluding hydrogens is 264 g/mol. The molecule has 1 N–H and O–H groups in total. The molecule has 0 radical (unpaired) electrons. The highest BCUT2D eigenvalue weighted by atomic mass is 16.4. The van der Waals surface area contributed by atoms with Crippen LogP contribution in [0, 0.1) is 5.92 Å². The van der Waals surface area contributed by atoms with Crippen LogP contribution in [0.5, 0.6) is 0 Å². The molecule has 0 heterocycles. The molecule has 21 heavy (non-hydrogen) atoms. The van der Waals surface area contributed by atoms with Crippen molar-refractivity contribution in [1.29, 1.82) is 0 Å². The van der Waals surface area contributed by atoms with Crippen molar-refractivity contribution in [3.63, 3.8) is 0 Å². The van der Waals surface area contributed by atoms with Gasteiger partial charge < -0.3 is 5.11 Å². The maximum Gasteiger partial charge on any atom is 0.440 e. The Labute approximate surface area is 124 Å². The van der Waals surface area contributed by atoms with Crippen LogP contribution in [-0.2, 0) is 0 Å². The van der Waals surface area contributed by atoms with Crippen LogP contribution in [-0.4, -0.2) is 17.2 Å². The molecule has 0 aromatic heterocycles. The zero-order valence-corrected chi connectivity index (χ0v) is 12.4. The summed E-state index contributed by atoms with van der Waals surface area (Å²) in [7, 11) is 0. The minimum absolute atomic E-state index is 0.430. The van der Waals surface area contributed by atoms with Gasteiger partial charge in [-0.25, -0.2) is 4.79 Å². The van der Waals surface area contributed by atoms with E-state index < -0.39 is 6.09 Å². The Balaban J connectivity index is 2.22. The van der Waals surface area contributed by atoms with Gasteiger partial charge in [0, 0.05) is 0 Å². The number of rotatable bonds is 3. The van der Waals surface area contributed by atoms with Crippen molar-refractivity contribution < 1.29 is 9.90 Å². The van der Waals surface area contributed by atoms with E-state index in [-0.39, 0.29) is 0 Å². The first-order chi connectivity index (χ1) is 10.1. The third-order valence-corrected chi connectivity index (χ3v) is 3.88. The number of aliphatic imine (C=N–C) groups is 2. The highest BCUT2D eigenvalue weighted by molar-refractivity contribution is 5.74. The number of hydrogen-bond acceptors (Lipinski definition) is 2. The number of nitrogens with zero attached hydrogens (tertiary/aromatic N) is 2. The first-order valence-electron chi connectivity index (χ1n) is 7.25. The number of hydrogen-bond donors (Lipinski definition) is 1. The van der Waals surface area contributed by atoms with Crippen molar-refractivity contribution >= 4 is 17.8 Å². The number of carboxylic acid groups (broad SMARTS) is 1. The fourth-order valence-corrected chi connectivity index (χ4v) is 2.72. The second-order valence-corrected chi connectivity index (χ2v) is 5.57. The molecule has 0 spiro atoms. The lowest BCUT2D eigenvalue weighted by atomic mass is 9.81. The Hall–Kier alpha value is -2.19. The van der Waals surface area contributed by atoms with Crippen LogP contribution < -0.4 is 0 Å². The van der Waals surface area contributed by atoms with Gasteiger partial charge in [-0.05, 0) is 42.7 Å². The molecule has 1 atom stereocenters. The van der Waals surface area contributed by atoms with E-state index in [0.29, 0.717) is 11.8 Å². The summed E-state index contributed by atoms with van der Waals surface area (Å²) in [5.41, 5.74) is 3.43. The van der Waals surface area contributed by atoms with Gasteiger partial charge in [0.1, 0.15) is 6.01 Å². The topological polar surface area (TPSA) is 62.0 Å². The number of para-hydroxylation sites is 1. The van der Waals surface area contributed by atoms with Crippen LogP contribution in [0.1, 0.15) is 44.6 Å². The Bertz CT molecular complexity index is 611. The minimum Gasteiger partial charge on any atom is -0.463 e. The van der Waals surface area contributed by atoms with Gasteiger partial charge in [-0.1, -0.05) is 43.7 Å². The molecule has 0 bridgehead atoms. The first-order valence-corrected chi connectivity index (χ1v) is 7.25. The largest absolute Gasteiger partial charge is 0.463 e. The van der Waals surface area contributed by atoms with Crippen LogP contribution >= 0.6 is 0 Å². The van der Waals surface area contributed by atoms with Gasteiger partial charge in [-0.2, -0.15) is 4.99 Å². The number of amides is 1. The summed E-state index contributed by atoms with van der Waals surface area (Å²) in [5.74, 6) is 1.04. The third-order valence-electron chi connectivity index (χ3n) is 3.88. The van der Waals surface area contributed by atoms with Crippen LogP contribution in [0.15, 0.2) is 45.9 Å². The summed E-state index contributed by atoms with van der Waals surface area (Å²) in [5, 5.41) is 8.49. The van der Waals surface area contributed by atoms with Crippen LogP contribution in [0.25, 0.3) is 0 Å².